The molecule has 2 heteroatoms. The van der Waals surface area contributed by atoms with Gasteiger partial charge in [0.15, 0.2) is 0 Å². The standard InChI is InChI=1S/C16H24N2/c17-9-13-1-3-14(4-2-13)10-18(11-15-5-6-15)12-16-7-8-16/h1-4,15-16H,5-12,17H2. The number of hydrogen-bond donors (Lipinski definition) is 1. The van der Waals surface area contributed by atoms with Crippen LogP contribution >= 0.6 is 0 Å². The molecule has 0 unspecified atom stereocenters. The molecule has 2 nitrogen and oxygen atoms in total. The minimum Gasteiger partial charge on any atom is -0.326 e. The summed E-state index contributed by atoms with van der Waals surface area (Å²) in [4.78, 5) is 2.67. The highest BCUT2D eigenvalue weighted by Crippen LogP contribution is 2.34. The van der Waals surface area contributed by atoms with Crippen molar-refractivity contribution in [2.45, 2.75) is 38.8 Å². The second-order valence-corrected chi connectivity index (χ2v) is 6.10. The highest BCUT2D eigenvalue weighted by molar-refractivity contribution is 5.22. The van der Waals surface area contributed by atoms with Gasteiger partial charge in [0.1, 0.15) is 0 Å². The summed E-state index contributed by atoms with van der Waals surface area (Å²) in [5.41, 5.74) is 8.31. The van der Waals surface area contributed by atoms with Crippen LogP contribution in [-0.2, 0) is 13.1 Å². The van der Waals surface area contributed by atoms with Crippen LogP contribution in [0.4, 0.5) is 0 Å². The van der Waals surface area contributed by atoms with E-state index in [0.717, 1.165) is 18.4 Å². The van der Waals surface area contributed by atoms with Crippen LogP contribution in [0.25, 0.3) is 0 Å². The Bertz CT molecular complexity index is 363. The largest absolute Gasteiger partial charge is 0.326 e. The maximum Gasteiger partial charge on any atom is 0.0233 e. The third kappa shape index (κ3) is 3.56. The first-order chi connectivity index (χ1) is 8.83. The Hall–Kier alpha value is -0.860. The van der Waals surface area contributed by atoms with Crippen LogP contribution < -0.4 is 5.73 Å². The Kier molecular flexibility index (Phi) is 3.67. The summed E-state index contributed by atoms with van der Waals surface area (Å²) < 4.78 is 0. The quantitative estimate of drug-likeness (QED) is 0.799. The van der Waals surface area contributed by atoms with Crippen molar-refractivity contribution in [3.63, 3.8) is 0 Å². The van der Waals surface area contributed by atoms with Crippen molar-refractivity contribution in [2.24, 2.45) is 17.6 Å². The Labute approximate surface area is 110 Å². The average molecular weight is 244 g/mol. The molecule has 0 spiro atoms. The minimum absolute atomic E-state index is 0.647. The van der Waals surface area contributed by atoms with E-state index < -0.39 is 0 Å². The van der Waals surface area contributed by atoms with E-state index in [1.54, 1.807) is 0 Å². The third-order valence-corrected chi connectivity index (χ3v) is 4.09. The average Bonchev–Trinajstić information content (AvgIpc) is 3.26. The molecule has 2 saturated carbocycles. The lowest BCUT2D eigenvalue weighted by atomic mass is 10.1. The lowest BCUT2D eigenvalue weighted by Gasteiger charge is -2.22. The molecule has 0 heterocycles. The summed E-state index contributed by atoms with van der Waals surface area (Å²) in [5, 5.41) is 0. The first-order valence-corrected chi connectivity index (χ1v) is 7.33. The van der Waals surface area contributed by atoms with Crippen LogP contribution in [0.2, 0.25) is 0 Å². The summed E-state index contributed by atoms with van der Waals surface area (Å²) in [5.74, 6) is 1.99. The van der Waals surface area contributed by atoms with Crippen LogP contribution in [0, 0.1) is 11.8 Å². The first-order valence-electron chi connectivity index (χ1n) is 7.33. The first kappa shape index (κ1) is 12.2. The molecule has 2 fully saturated rings. The third-order valence-electron chi connectivity index (χ3n) is 4.09. The van der Waals surface area contributed by atoms with E-state index in [9.17, 15) is 0 Å². The van der Waals surface area contributed by atoms with Crippen LogP contribution in [-0.4, -0.2) is 18.0 Å². The topological polar surface area (TPSA) is 29.3 Å². The van der Waals surface area contributed by atoms with Crippen molar-refractivity contribution in [1.29, 1.82) is 0 Å². The predicted molar refractivity (Wildman–Crippen MR) is 75.1 cm³/mol. The van der Waals surface area contributed by atoms with E-state index in [2.05, 4.69) is 29.2 Å². The molecule has 0 amide bonds. The number of hydrogen-bond acceptors (Lipinski definition) is 2. The van der Waals surface area contributed by atoms with Crippen LogP contribution in [0.15, 0.2) is 24.3 Å². The van der Waals surface area contributed by atoms with Gasteiger partial charge in [0, 0.05) is 26.2 Å². The summed E-state index contributed by atoms with van der Waals surface area (Å²) in [6.07, 6.45) is 5.81. The summed E-state index contributed by atoms with van der Waals surface area (Å²) >= 11 is 0. The molecule has 0 aliphatic heterocycles. The molecule has 0 atom stereocenters. The summed E-state index contributed by atoms with van der Waals surface area (Å²) in [6, 6.07) is 8.83. The fourth-order valence-electron chi connectivity index (χ4n) is 2.57. The molecule has 98 valence electrons. The molecule has 1 aromatic carbocycles. The lowest BCUT2D eigenvalue weighted by molar-refractivity contribution is 0.244. The van der Waals surface area contributed by atoms with Crippen molar-refractivity contribution in [1.82, 2.24) is 4.90 Å². The number of nitrogens with two attached hydrogens (primary N) is 1. The number of benzene rings is 1. The lowest BCUT2D eigenvalue weighted by Crippen LogP contribution is -2.27. The van der Waals surface area contributed by atoms with Crippen molar-refractivity contribution >= 4 is 0 Å². The minimum atomic E-state index is 0.647. The Morgan fingerprint density at radius 2 is 1.39 bits per heavy atom. The van der Waals surface area contributed by atoms with Gasteiger partial charge in [0.05, 0.1) is 0 Å². The molecule has 2 N–H and O–H groups in total. The van der Waals surface area contributed by atoms with Gasteiger partial charge in [-0.1, -0.05) is 24.3 Å². The fraction of sp³-hybridized carbons (Fsp3) is 0.625. The summed E-state index contributed by atoms with van der Waals surface area (Å²) in [6.45, 7) is 4.40. The van der Waals surface area contributed by atoms with Crippen molar-refractivity contribution in [3.8, 4) is 0 Å². The Balaban J connectivity index is 1.58. The zero-order valence-electron chi connectivity index (χ0n) is 11.1. The molecule has 3 rings (SSSR count). The van der Waals surface area contributed by atoms with Gasteiger partial charge >= 0.3 is 0 Å². The Morgan fingerprint density at radius 3 is 1.83 bits per heavy atom. The van der Waals surface area contributed by atoms with Gasteiger partial charge in [-0.15, -0.1) is 0 Å². The van der Waals surface area contributed by atoms with E-state index in [0.29, 0.717) is 6.54 Å². The van der Waals surface area contributed by atoms with Gasteiger partial charge in [-0.05, 0) is 48.6 Å². The van der Waals surface area contributed by atoms with Crippen LogP contribution in [0.5, 0.6) is 0 Å². The molecule has 2 aliphatic carbocycles. The molecular weight excluding hydrogens is 220 g/mol. The van der Waals surface area contributed by atoms with E-state index in [1.807, 2.05) is 0 Å². The molecule has 0 aromatic heterocycles. The second kappa shape index (κ2) is 5.41. The van der Waals surface area contributed by atoms with Gasteiger partial charge in [0.2, 0.25) is 0 Å². The highest BCUT2D eigenvalue weighted by atomic mass is 15.1. The molecule has 18 heavy (non-hydrogen) atoms. The van der Waals surface area contributed by atoms with Gasteiger partial charge < -0.3 is 5.73 Å². The smallest absolute Gasteiger partial charge is 0.0233 e. The monoisotopic (exact) mass is 244 g/mol. The second-order valence-electron chi connectivity index (χ2n) is 6.10. The zero-order valence-corrected chi connectivity index (χ0v) is 11.1. The molecule has 2 aliphatic rings. The molecule has 0 saturated heterocycles. The normalized spacial score (nSPS) is 19.4. The van der Waals surface area contributed by atoms with E-state index in [1.165, 1.54) is 49.9 Å². The van der Waals surface area contributed by atoms with Gasteiger partial charge in [-0.3, -0.25) is 4.90 Å². The summed E-state index contributed by atoms with van der Waals surface area (Å²) in [7, 11) is 0. The van der Waals surface area contributed by atoms with E-state index in [-0.39, 0.29) is 0 Å². The van der Waals surface area contributed by atoms with Crippen molar-refractivity contribution in [3.05, 3.63) is 35.4 Å². The molecule has 0 radical (unpaired) electrons. The Morgan fingerprint density at radius 1 is 0.889 bits per heavy atom. The SMILES string of the molecule is NCc1ccc(CN(CC2CC2)CC2CC2)cc1. The van der Waals surface area contributed by atoms with Crippen LogP contribution in [0.1, 0.15) is 36.8 Å². The van der Waals surface area contributed by atoms with Gasteiger partial charge in [-0.2, -0.15) is 0 Å². The van der Waals surface area contributed by atoms with Gasteiger partial charge in [-0.25, -0.2) is 0 Å². The van der Waals surface area contributed by atoms with E-state index >= 15 is 0 Å². The number of rotatable bonds is 7. The van der Waals surface area contributed by atoms with E-state index in [4.69, 9.17) is 5.73 Å². The maximum atomic E-state index is 5.64. The predicted octanol–water partition coefficient (Wildman–Crippen LogP) is 2.77. The molecule has 0 bridgehead atoms. The number of nitrogens with zero attached hydrogens (tertiary/aromatic N) is 1. The molecular formula is C16H24N2. The highest BCUT2D eigenvalue weighted by Gasteiger charge is 2.28. The van der Waals surface area contributed by atoms with Crippen LogP contribution in [0.3, 0.4) is 0 Å². The maximum absolute atomic E-state index is 5.64. The molecule has 1 aromatic rings. The van der Waals surface area contributed by atoms with Crippen molar-refractivity contribution < 1.29 is 0 Å². The van der Waals surface area contributed by atoms with Gasteiger partial charge in [0.25, 0.3) is 0 Å². The fourth-order valence-corrected chi connectivity index (χ4v) is 2.57. The van der Waals surface area contributed by atoms with Crippen molar-refractivity contribution in [2.75, 3.05) is 13.1 Å². The zero-order chi connectivity index (χ0) is 12.4.